The van der Waals surface area contributed by atoms with E-state index in [1.807, 2.05) is 45.0 Å². The van der Waals surface area contributed by atoms with Gasteiger partial charge in [-0.3, -0.25) is 38.8 Å². The van der Waals surface area contributed by atoms with Crippen LogP contribution in [0.5, 0.6) is 0 Å². The highest BCUT2D eigenvalue weighted by molar-refractivity contribution is 7.19. The van der Waals surface area contributed by atoms with Gasteiger partial charge in [-0.25, -0.2) is 8.78 Å². The number of amides is 2. The summed E-state index contributed by atoms with van der Waals surface area (Å²) in [6, 6.07) is 22.2. The molecule has 0 atom stereocenters. The summed E-state index contributed by atoms with van der Waals surface area (Å²) in [7, 11) is 0. The Hall–Kier alpha value is -6.05. The van der Waals surface area contributed by atoms with Crippen molar-refractivity contribution in [2.45, 2.75) is 53.6 Å². The molecule has 0 spiro atoms. The summed E-state index contributed by atoms with van der Waals surface area (Å²) < 4.78 is 28.6. The van der Waals surface area contributed by atoms with Crippen molar-refractivity contribution in [3.63, 3.8) is 0 Å². The van der Waals surface area contributed by atoms with E-state index in [4.69, 9.17) is 21.8 Å². The number of nitrogens with zero attached hydrogens (tertiary/aromatic N) is 8. The van der Waals surface area contributed by atoms with Crippen molar-refractivity contribution in [1.82, 2.24) is 30.2 Å². The lowest BCUT2D eigenvalue weighted by Gasteiger charge is -2.37. The first-order valence-corrected chi connectivity index (χ1v) is 23.8. The number of carboxylic acid groups (broad SMARTS) is 2. The molecule has 350 valence electrons. The smallest absolute Gasteiger partial charge is 0.309 e. The monoisotopic (exact) mass is 970 g/mol. The van der Waals surface area contributed by atoms with Crippen LogP contribution >= 0.6 is 34.3 Å². The quantitative estimate of drug-likeness (QED) is 0.0944. The van der Waals surface area contributed by atoms with Crippen molar-refractivity contribution >= 4 is 68.3 Å². The summed E-state index contributed by atoms with van der Waals surface area (Å²) in [5, 5.41) is 37.1. The average Bonchev–Trinajstić information content (AvgIpc) is 3.97. The van der Waals surface area contributed by atoms with Gasteiger partial charge < -0.3 is 10.2 Å². The molecule has 0 saturated carbocycles. The summed E-state index contributed by atoms with van der Waals surface area (Å²) in [4.78, 5) is 55.1. The minimum atomic E-state index is -0.755. The minimum absolute atomic E-state index is 0.0209. The number of carbonyl (C=O) groups is 4. The molecule has 67 heavy (non-hydrogen) atoms. The number of halogens is 3. The van der Waals surface area contributed by atoms with Gasteiger partial charge >= 0.3 is 11.9 Å². The third kappa shape index (κ3) is 11.4. The number of aromatic nitrogens is 4. The standard InChI is InChI=1S/C26H29FN4O3S.C22H20ClFN4O3S/c1-4-5-10-31(24(32)20-8-6-7-9-22(20)27)26-29-28-23(35-26)18-11-16(2)21(17(3)12-18)15-30-13-19(14-30)25(33)34;1-2-28(20(29)16-4-3-5-17(23)18(16)24)22-26-25-19(32-22)14-8-6-13(7-9-14)10-27-11-15(12-27)21(30)31/h6-9,11-12,19H,4-5,10,13-15H2,1-3H3,(H,33,34);3-9,15H,2,10-12H2,1H3,(H,30,31). The molecule has 2 aromatic heterocycles. The normalized spacial score (nSPS) is 14.1. The average molecular weight is 972 g/mol. The Morgan fingerprint density at radius 1 is 0.701 bits per heavy atom. The first-order chi connectivity index (χ1) is 32.1. The zero-order valence-corrected chi connectivity index (χ0v) is 39.7. The van der Waals surface area contributed by atoms with Crippen molar-refractivity contribution < 1.29 is 38.2 Å². The predicted molar refractivity (Wildman–Crippen MR) is 255 cm³/mol. The maximum absolute atomic E-state index is 14.3. The zero-order chi connectivity index (χ0) is 47.9. The van der Waals surface area contributed by atoms with E-state index in [-0.39, 0.29) is 28.0 Å². The van der Waals surface area contributed by atoms with Crippen LogP contribution in [0.4, 0.5) is 19.0 Å². The molecule has 4 heterocycles. The molecule has 6 aromatic rings. The number of carbonyl (C=O) groups excluding carboxylic acids is 2. The van der Waals surface area contributed by atoms with Crippen LogP contribution in [0.2, 0.25) is 5.02 Å². The summed E-state index contributed by atoms with van der Waals surface area (Å²) in [5.41, 5.74) is 6.12. The lowest BCUT2D eigenvalue weighted by molar-refractivity contribution is -0.148. The highest BCUT2D eigenvalue weighted by Crippen LogP contribution is 2.34. The van der Waals surface area contributed by atoms with Gasteiger partial charge in [0, 0.05) is 63.5 Å². The maximum atomic E-state index is 14.3. The van der Waals surface area contributed by atoms with Crippen LogP contribution in [0.1, 0.15) is 69.7 Å². The van der Waals surface area contributed by atoms with Crippen LogP contribution in [0, 0.1) is 37.3 Å². The zero-order valence-electron chi connectivity index (χ0n) is 37.3. The number of hydrogen-bond acceptors (Lipinski definition) is 12. The molecule has 2 amide bonds. The molecule has 2 aliphatic rings. The van der Waals surface area contributed by atoms with Crippen LogP contribution in [0.15, 0.2) is 78.9 Å². The largest absolute Gasteiger partial charge is 0.481 e. The predicted octanol–water partition coefficient (Wildman–Crippen LogP) is 9.11. The Kier molecular flexibility index (Phi) is 15.8. The van der Waals surface area contributed by atoms with E-state index in [9.17, 15) is 28.0 Å². The minimum Gasteiger partial charge on any atom is -0.481 e. The van der Waals surface area contributed by atoms with E-state index >= 15 is 0 Å². The molecule has 2 fully saturated rings. The third-order valence-electron chi connectivity index (χ3n) is 11.7. The molecule has 14 nitrogen and oxygen atoms in total. The van der Waals surface area contributed by atoms with Gasteiger partial charge in [0.1, 0.15) is 15.8 Å². The van der Waals surface area contributed by atoms with E-state index in [2.05, 4.69) is 42.3 Å². The van der Waals surface area contributed by atoms with E-state index in [0.29, 0.717) is 72.6 Å². The van der Waals surface area contributed by atoms with Crippen molar-refractivity contribution in [3.05, 3.63) is 129 Å². The van der Waals surface area contributed by atoms with E-state index < -0.39 is 35.4 Å². The van der Waals surface area contributed by atoms with Gasteiger partial charge in [0.2, 0.25) is 10.3 Å². The van der Waals surface area contributed by atoms with Gasteiger partial charge in [-0.15, -0.1) is 20.4 Å². The second-order valence-electron chi connectivity index (χ2n) is 16.5. The number of hydrogen-bond donors (Lipinski definition) is 2. The fourth-order valence-electron chi connectivity index (χ4n) is 7.75. The van der Waals surface area contributed by atoms with E-state index in [1.54, 1.807) is 19.1 Å². The second kappa shape index (κ2) is 21.7. The van der Waals surface area contributed by atoms with Gasteiger partial charge in [0.15, 0.2) is 5.82 Å². The van der Waals surface area contributed by atoms with E-state index in [1.165, 1.54) is 68.4 Å². The van der Waals surface area contributed by atoms with Gasteiger partial charge in [-0.2, -0.15) is 0 Å². The first-order valence-electron chi connectivity index (χ1n) is 21.7. The number of aryl methyl sites for hydroxylation is 2. The molecule has 4 aromatic carbocycles. The topological polar surface area (TPSA) is 173 Å². The summed E-state index contributed by atoms with van der Waals surface area (Å²) in [5.74, 6) is -4.30. The molecule has 0 aliphatic carbocycles. The molecular formula is C48H49ClF2N8O6S2. The van der Waals surface area contributed by atoms with E-state index in [0.717, 1.165) is 40.7 Å². The number of likely N-dealkylation sites (tertiary alicyclic amines) is 2. The van der Waals surface area contributed by atoms with Crippen LogP contribution in [0.25, 0.3) is 21.1 Å². The Bertz CT molecular complexity index is 2740. The molecule has 19 heteroatoms. The Morgan fingerprint density at radius 3 is 1.81 bits per heavy atom. The van der Waals surface area contributed by atoms with Crippen molar-refractivity contribution in [2.24, 2.45) is 11.8 Å². The molecular weight excluding hydrogens is 922 g/mol. The SMILES string of the molecule is CCCCN(C(=O)c1ccccc1F)c1nnc(-c2cc(C)c(CN3CC(C(=O)O)C3)c(C)c2)s1.CCN(C(=O)c1cccc(Cl)c1F)c1nnc(-c2ccc(CN3CC(C(=O)O)C3)cc2)s1. The summed E-state index contributed by atoms with van der Waals surface area (Å²) in [6.45, 7) is 12.3. The van der Waals surface area contributed by atoms with Crippen molar-refractivity contribution in [1.29, 1.82) is 0 Å². The highest BCUT2D eigenvalue weighted by Gasteiger charge is 2.34. The molecule has 2 N–H and O–H groups in total. The Labute approximate surface area is 399 Å². The number of rotatable bonds is 16. The third-order valence-corrected chi connectivity index (χ3v) is 13.9. The van der Waals surface area contributed by atoms with Crippen molar-refractivity contribution in [3.8, 4) is 21.1 Å². The summed E-state index contributed by atoms with van der Waals surface area (Å²) >= 11 is 8.37. The second-order valence-corrected chi connectivity index (χ2v) is 18.8. The van der Waals surface area contributed by atoms with Gasteiger partial charge in [-0.05, 0) is 85.8 Å². The molecule has 0 radical (unpaired) electrons. The van der Waals surface area contributed by atoms with Crippen LogP contribution in [-0.2, 0) is 22.7 Å². The highest BCUT2D eigenvalue weighted by atomic mass is 35.5. The van der Waals surface area contributed by atoms with Crippen LogP contribution in [-0.4, -0.2) is 103 Å². The number of benzene rings is 4. The number of aliphatic carboxylic acids is 2. The number of anilines is 2. The number of unbranched alkanes of at least 4 members (excludes halogenated alkanes) is 1. The fourth-order valence-corrected chi connectivity index (χ4v) is 9.70. The molecule has 0 unspecified atom stereocenters. The molecule has 0 bridgehead atoms. The molecule has 2 aliphatic heterocycles. The molecule has 8 rings (SSSR count). The lowest BCUT2D eigenvalue weighted by atomic mass is 9.95. The van der Waals surface area contributed by atoms with Crippen LogP contribution in [0.3, 0.4) is 0 Å². The van der Waals surface area contributed by atoms with Gasteiger partial charge in [-0.1, -0.05) is 90.1 Å². The Balaban J connectivity index is 0.000000200. The lowest BCUT2D eigenvalue weighted by Crippen LogP contribution is -2.49. The Morgan fingerprint density at radius 2 is 1.24 bits per heavy atom. The summed E-state index contributed by atoms with van der Waals surface area (Å²) in [6.07, 6.45) is 1.65. The maximum Gasteiger partial charge on any atom is 0.309 e. The fraction of sp³-hybridized carbons (Fsp3) is 0.333. The molecule has 2 saturated heterocycles. The first kappa shape index (κ1) is 48.9. The van der Waals surface area contributed by atoms with Crippen LogP contribution < -0.4 is 9.80 Å². The van der Waals surface area contributed by atoms with Crippen molar-refractivity contribution in [2.75, 3.05) is 49.1 Å². The van der Waals surface area contributed by atoms with Gasteiger partial charge in [0.05, 0.1) is 28.0 Å². The number of carboxylic acids is 2. The van der Waals surface area contributed by atoms with Gasteiger partial charge in [0.25, 0.3) is 11.8 Å².